The highest BCUT2D eigenvalue weighted by molar-refractivity contribution is 9.10. The topological polar surface area (TPSA) is 21.3 Å². The first-order valence-electron chi connectivity index (χ1n) is 5.43. The minimum absolute atomic E-state index is 0.268. The molecule has 16 heavy (non-hydrogen) atoms. The fraction of sp³-hybridized carbons (Fsp3) is 0.500. The number of ether oxygens (including phenoxy) is 1. The van der Waals surface area contributed by atoms with Crippen LogP contribution in [0.3, 0.4) is 0 Å². The van der Waals surface area contributed by atoms with E-state index in [1.165, 1.54) is 11.1 Å². The SMILES string of the molecule is Cc1cc(Cl)cc(Br)c1C[C@@H]1CNCCO1. The highest BCUT2D eigenvalue weighted by atomic mass is 79.9. The predicted octanol–water partition coefficient (Wildman–Crippen LogP) is 2.94. The molecule has 1 fully saturated rings. The van der Waals surface area contributed by atoms with Crippen LogP contribution in [-0.4, -0.2) is 25.8 Å². The van der Waals surface area contributed by atoms with Gasteiger partial charge < -0.3 is 10.1 Å². The lowest BCUT2D eigenvalue weighted by Gasteiger charge is -2.24. The summed E-state index contributed by atoms with van der Waals surface area (Å²) in [7, 11) is 0. The maximum atomic E-state index is 5.99. The smallest absolute Gasteiger partial charge is 0.0740 e. The van der Waals surface area contributed by atoms with Crippen LogP contribution < -0.4 is 5.32 Å². The van der Waals surface area contributed by atoms with E-state index in [9.17, 15) is 0 Å². The van der Waals surface area contributed by atoms with E-state index in [4.69, 9.17) is 16.3 Å². The Bertz CT molecular complexity index is 354. The second-order valence-electron chi connectivity index (χ2n) is 4.08. The van der Waals surface area contributed by atoms with E-state index in [0.717, 1.165) is 35.6 Å². The summed E-state index contributed by atoms with van der Waals surface area (Å²) < 4.78 is 6.78. The number of nitrogens with one attached hydrogen (secondary N) is 1. The van der Waals surface area contributed by atoms with Gasteiger partial charge in [0.25, 0.3) is 0 Å². The molecule has 0 aliphatic carbocycles. The van der Waals surface area contributed by atoms with Gasteiger partial charge in [-0.1, -0.05) is 27.5 Å². The molecule has 1 aromatic carbocycles. The summed E-state index contributed by atoms with van der Waals surface area (Å²) in [5.41, 5.74) is 2.51. The van der Waals surface area contributed by atoms with Crippen LogP contribution in [0.1, 0.15) is 11.1 Å². The number of hydrogen-bond donors (Lipinski definition) is 1. The molecule has 0 unspecified atom stereocenters. The van der Waals surface area contributed by atoms with Crippen molar-refractivity contribution in [3.05, 3.63) is 32.8 Å². The summed E-state index contributed by atoms with van der Waals surface area (Å²) in [5, 5.41) is 4.11. The average molecular weight is 305 g/mol. The van der Waals surface area contributed by atoms with Crippen LogP contribution in [0.15, 0.2) is 16.6 Å². The normalized spacial score (nSPS) is 21.1. The summed E-state index contributed by atoms with van der Waals surface area (Å²) in [6.45, 7) is 4.77. The Hall–Kier alpha value is -0.0900. The Balaban J connectivity index is 2.14. The van der Waals surface area contributed by atoms with Crippen molar-refractivity contribution in [3.63, 3.8) is 0 Å². The van der Waals surface area contributed by atoms with Crippen LogP contribution >= 0.6 is 27.5 Å². The summed E-state index contributed by atoms with van der Waals surface area (Å²) >= 11 is 9.56. The Morgan fingerprint density at radius 3 is 3.00 bits per heavy atom. The molecule has 0 amide bonds. The third kappa shape index (κ3) is 2.98. The van der Waals surface area contributed by atoms with Gasteiger partial charge in [0.1, 0.15) is 0 Å². The lowest BCUT2D eigenvalue weighted by atomic mass is 10.0. The van der Waals surface area contributed by atoms with Gasteiger partial charge in [-0.2, -0.15) is 0 Å². The number of benzene rings is 1. The molecule has 1 aliphatic heterocycles. The molecule has 0 spiro atoms. The number of morpholine rings is 1. The summed E-state index contributed by atoms with van der Waals surface area (Å²) in [5.74, 6) is 0. The monoisotopic (exact) mass is 303 g/mol. The molecule has 0 radical (unpaired) electrons. The van der Waals surface area contributed by atoms with Gasteiger partial charge in [-0.15, -0.1) is 0 Å². The van der Waals surface area contributed by atoms with Crippen molar-refractivity contribution in [1.82, 2.24) is 5.32 Å². The molecule has 1 N–H and O–H groups in total. The average Bonchev–Trinajstić information content (AvgIpc) is 2.25. The Kier molecular flexibility index (Phi) is 4.25. The predicted molar refractivity (Wildman–Crippen MR) is 70.2 cm³/mol. The number of rotatable bonds is 2. The van der Waals surface area contributed by atoms with Crippen molar-refractivity contribution in [2.45, 2.75) is 19.4 Å². The van der Waals surface area contributed by atoms with E-state index in [1.54, 1.807) is 0 Å². The zero-order valence-electron chi connectivity index (χ0n) is 9.22. The standard InChI is InChI=1S/C12H15BrClNO/c1-8-4-9(14)5-12(13)11(8)6-10-7-15-2-3-16-10/h4-5,10,15H,2-3,6-7H2,1H3/t10-/m1/s1. The van der Waals surface area contributed by atoms with Gasteiger partial charge in [0, 0.05) is 29.0 Å². The first-order chi connectivity index (χ1) is 7.66. The molecule has 1 aromatic rings. The van der Waals surface area contributed by atoms with Crippen LogP contribution in [0, 0.1) is 6.92 Å². The van der Waals surface area contributed by atoms with E-state index in [2.05, 4.69) is 28.2 Å². The lowest BCUT2D eigenvalue weighted by Crippen LogP contribution is -2.39. The van der Waals surface area contributed by atoms with Crippen molar-refractivity contribution in [1.29, 1.82) is 0 Å². The van der Waals surface area contributed by atoms with Crippen LogP contribution in [0.2, 0.25) is 5.02 Å². The van der Waals surface area contributed by atoms with Crippen LogP contribution in [0.25, 0.3) is 0 Å². The molecule has 1 saturated heterocycles. The highest BCUT2D eigenvalue weighted by Crippen LogP contribution is 2.27. The van der Waals surface area contributed by atoms with Gasteiger partial charge in [0.2, 0.25) is 0 Å². The summed E-state index contributed by atoms with van der Waals surface area (Å²) in [6.07, 6.45) is 1.20. The fourth-order valence-electron chi connectivity index (χ4n) is 1.97. The van der Waals surface area contributed by atoms with Gasteiger partial charge in [-0.25, -0.2) is 0 Å². The molecule has 1 atom stereocenters. The third-order valence-corrected chi connectivity index (χ3v) is 3.75. The molecular formula is C12H15BrClNO. The van der Waals surface area contributed by atoms with E-state index in [-0.39, 0.29) is 6.10 Å². The molecule has 88 valence electrons. The largest absolute Gasteiger partial charge is 0.375 e. The van der Waals surface area contributed by atoms with Crippen LogP contribution in [0.5, 0.6) is 0 Å². The van der Waals surface area contributed by atoms with Crippen LogP contribution in [-0.2, 0) is 11.2 Å². The molecule has 1 aliphatic rings. The summed E-state index contributed by atoms with van der Waals surface area (Å²) in [4.78, 5) is 0. The fourth-order valence-corrected chi connectivity index (χ4v) is 3.09. The highest BCUT2D eigenvalue weighted by Gasteiger charge is 2.16. The van der Waals surface area contributed by atoms with Gasteiger partial charge in [-0.3, -0.25) is 0 Å². The second-order valence-corrected chi connectivity index (χ2v) is 5.37. The molecule has 2 nitrogen and oxygen atoms in total. The molecule has 4 heteroatoms. The molecule has 0 bridgehead atoms. The van der Waals surface area contributed by atoms with Crippen molar-refractivity contribution < 1.29 is 4.74 Å². The Labute approximate surface area is 109 Å². The van der Waals surface area contributed by atoms with Crippen molar-refractivity contribution >= 4 is 27.5 Å². The lowest BCUT2D eigenvalue weighted by molar-refractivity contribution is 0.0290. The molecule has 1 heterocycles. The van der Waals surface area contributed by atoms with Crippen molar-refractivity contribution in [2.24, 2.45) is 0 Å². The number of hydrogen-bond acceptors (Lipinski definition) is 2. The van der Waals surface area contributed by atoms with Crippen molar-refractivity contribution in [2.75, 3.05) is 19.7 Å². The van der Waals surface area contributed by atoms with E-state index in [1.807, 2.05) is 12.1 Å². The quantitative estimate of drug-likeness (QED) is 0.907. The van der Waals surface area contributed by atoms with Gasteiger partial charge >= 0.3 is 0 Å². The Morgan fingerprint density at radius 1 is 1.56 bits per heavy atom. The van der Waals surface area contributed by atoms with E-state index >= 15 is 0 Å². The number of aryl methyl sites for hydroxylation is 1. The Morgan fingerprint density at radius 2 is 2.38 bits per heavy atom. The molecule has 0 aromatic heterocycles. The van der Waals surface area contributed by atoms with Crippen molar-refractivity contribution in [3.8, 4) is 0 Å². The van der Waals surface area contributed by atoms with E-state index in [0.29, 0.717) is 0 Å². The van der Waals surface area contributed by atoms with Gasteiger partial charge in [0.05, 0.1) is 12.7 Å². The maximum absolute atomic E-state index is 5.99. The van der Waals surface area contributed by atoms with Crippen LogP contribution in [0.4, 0.5) is 0 Å². The van der Waals surface area contributed by atoms with E-state index < -0.39 is 0 Å². The molecule has 0 saturated carbocycles. The second kappa shape index (κ2) is 5.50. The number of halogens is 2. The molecular weight excluding hydrogens is 289 g/mol. The minimum Gasteiger partial charge on any atom is -0.375 e. The minimum atomic E-state index is 0.268. The zero-order valence-corrected chi connectivity index (χ0v) is 11.6. The van der Waals surface area contributed by atoms with Gasteiger partial charge in [-0.05, 0) is 30.2 Å². The third-order valence-electron chi connectivity index (χ3n) is 2.82. The summed E-state index contributed by atoms with van der Waals surface area (Å²) in [6, 6.07) is 3.94. The van der Waals surface area contributed by atoms with Gasteiger partial charge in [0.15, 0.2) is 0 Å². The first kappa shape index (κ1) is 12.4. The maximum Gasteiger partial charge on any atom is 0.0740 e. The zero-order chi connectivity index (χ0) is 11.5. The first-order valence-corrected chi connectivity index (χ1v) is 6.61. The molecule has 2 rings (SSSR count).